The molecule has 1 aromatic rings. The third-order valence-electron chi connectivity index (χ3n) is 3.30. The highest BCUT2D eigenvalue weighted by Crippen LogP contribution is 2.29. The Kier molecular flexibility index (Phi) is 5.13. The molecule has 1 aliphatic carbocycles. The lowest BCUT2D eigenvalue weighted by Gasteiger charge is -2.11. The van der Waals surface area contributed by atoms with E-state index in [2.05, 4.69) is 28.1 Å². The van der Waals surface area contributed by atoms with E-state index in [0.29, 0.717) is 0 Å². The molecule has 0 saturated heterocycles. The second kappa shape index (κ2) is 6.63. The second-order valence-corrected chi connectivity index (χ2v) is 6.20. The van der Waals surface area contributed by atoms with Crippen molar-refractivity contribution >= 4 is 27.5 Å². The molecule has 0 N–H and O–H groups in total. The van der Waals surface area contributed by atoms with Crippen LogP contribution in [0.2, 0.25) is 0 Å². The van der Waals surface area contributed by atoms with Crippen LogP contribution in [0, 0.1) is 0 Å². The Labute approximate surface area is 122 Å². The maximum atomic E-state index is 6.27. The Morgan fingerprint density at radius 2 is 2.22 bits per heavy atom. The van der Waals surface area contributed by atoms with Crippen molar-refractivity contribution in [3.8, 4) is 5.75 Å². The van der Waals surface area contributed by atoms with Crippen LogP contribution < -0.4 is 4.74 Å². The predicted molar refractivity (Wildman–Crippen MR) is 80.6 cm³/mol. The van der Waals surface area contributed by atoms with Gasteiger partial charge < -0.3 is 4.74 Å². The minimum Gasteiger partial charge on any atom is -0.496 e. The summed E-state index contributed by atoms with van der Waals surface area (Å²) >= 11 is 9.79. The van der Waals surface area contributed by atoms with Gasteiger partial charge in [0.05, 0.1) is 12.5 Å². The van der Waals surface area contributed by atoms with Gasteiger partial charge in [-0.15, -0.1) is 11.6 Å². The summed E-state index contributed by atoms with van der Waals surface area (Å²) in [6, 6.07) is 6.15. The van der Waals surface area contributed by atoms with Gasteiger partial charge in [-0.1, -0.05) is 34.0 Å². The normalized spacial score (nSPS) is 20.2. The molecule has 0 heterocycles. The molecule has 0 radical (unpaired) electrons. The lowest BCUT2D eigenvalue weighted by Crippen LogP contribution is -1.97. The van der Waals surface area contributed by atoms with E-state index in [-0.39, 0.29) is 5.38 Å². The monoisotopic (exact) mass is 328 g/mol. The average Bonchev–Trinajstić information content (AvgIpc) is 2.54. The molecular formula is C15H18BrClO. The van der Waals surface area contributed by atoms with Crippen molar-refractivity contribution in [1.82, 2.24) is 0 Å². The van der Waals surface area contributed by atoms with Crippen LogP contribution >= 0.6 is 27.5 Å². The van der Waals surface area contributed by atoms with Crippen molar-refractivity contribution in [2.24, 2.45) is 0 Å². The minimum absolute atomic E-state index is 0.195. The number of hydrogen-bond donors (Lipinski definition) is 0. The van der Waals surface area contributed by atoms with Crippen LogP contribution in [0.5, 0.6) is 5.75 Å². The van der Waals surface area contributed by atoms with E-state index >= 15 is 0 Å². The number of allylic oxidation sites excluding steroid dienone is 2. The number of halogens is 2. The summed E-state index contributed by atoms with van der Waals surface area (Å²) in [7, 11) is 1.72. The quantitative estimate of drug-likeness (QED) is 0.553. The summed E-state index contributed by atoms with van der Waals surface area (Å²) in [6.07, 6.45) is 7.88. The summed E-state index contributed by atoms with van der Waals surface area (Å²) < 4.78 is 6.51. The molecule has 98 valence electrons. The molecule has 0 spiro atoms. The Morgan fingerprint density at radius 1 is 1.39 bits per heavy atom. The van der Waals surface area contributed by atoms with Crippen LogP contribution in [-0.4, -0.2) is 12.5 Å². The van der Waals surface area contributed by atoms with Crippen molar-refractivity contribution < 1.29 is 4.74 Å². The van der Waals surface area contributed by atoms with E-state index in [9.17, 15) is 0 Å². The zero-order valence-electron chi connectivity index (χ0n) is 10.6. The summed E-state index contributed by atoms with van der Waals surface area (Å²) in [4.78, 5) is 0. The van der Waals surface area contributed by atoms with Gasteiger partial charge in [-0.05, 0) is 49.4 Å². The molecule has 0 aromatic heterocycles. The minimum atomic E-state index is 0.195. The topological polar surface area (TPSA) is 9.23 Å². The molecule has 1 aromatic carbocycles. The number of ether oxygens (including phenoxy) is 1. The Morgan fingerprint density at radius 3 is 3.00 bits per heavy atom. The van der Waals surface area contributed by atoms with Crippen molar-refractivity contribution in [3.05, 3.63) is 39.9 Å². The fourth-order valence-corrected chi connectivity index (χ4v) is 3.13. The molecule has 0 fully saturated rings. The van der Waals surface area contributed by atoms with Gasteiger partial charge in [-0.25, -0.2) is 0 Å². The zero-order chi connectivity index (χ0) is 13.0. The largest absolute Gasteiger partial charge is 0.496 e. The lowest BCUT2D eigenvalue weighted by atomic mass is 10.0. The van der Waals surface area contributed by atoms with Crippen LogP contribution in [0.3, 0.4) is 0 Å². The van der Waals surface area contributed by atoms with E-state index < -0.39 is 0 Å². The van der Waals surface area contributed by atoms with Crippen molar-refractivity contribution in [2.45, 2.75) is 37.5 Å². The van der Waals surface area contributed by atoms with Crippen LogP contribution in [-0.2, 0) is 6.42 Å². The van der Waals surface area contributed by atoms with Crippen LogP contribution in [0.4, 0.5) is 0 Å². The molecule has 0 bridgehead atoms. The Bertz CT molecular complexity index is 442. The molecule has 2 rings (SSSR count). The van der Waals surface area contributed by atoms with E-state index in [1.807, 2.05) is 12.1 Å². The van der Waals surface area contributed by atoms with Gasteiger partial charge in [0.1, 0.15) is 5.75 Å². The first-order valence-corrected chi connectivity index (χ1v) is 7.58. The van der Waals surface area contributed by atoms with Crippen molar-refractivity contribution in [3.63, 3.8) is 0 Å². The van der Waals surface area contributed by atoms with Gasteiger partial charge in [-0.2, -0.15) is 0 Å². The van der Waals surface area contributed by atoms with Crippen LogP contribution in [0.15, 0.2) is 34.3 Å². The van der Waals surface area contributed by atoms with Crippen LogP contribution in [0.25, 0.3) is 0 Å². The summed E-state index contributed by atoms with van der Waals surface area (Å²) in [5, 5.41) is 0.195. The number of benzene rings is 1. The molecule has 3 heteroatoms. The molecule has 0 aliphatic heterocycles. The third kappa shape index (κ3) is 3.76. The highest BCUT2D eigenvalue weighted by molar-refractivity contribution is 9.10. The molecular weight excluding hydrogens is 312 g/mol. The van der Waals surface area contributed by atoms with Crippen LogP contribution in [0.1, 0.15) is 31.2 Å². The average molecular weight is 330 g/mol. The second-order valence-electron chi connectivity index (χ2n) is 4.72. The van der Waals surface area contributed by atoms with Gasteiger partial charge in [-0.3, -0.25) is 0 Å². The number of hydrogen-bond acceptors (Lipinski definition) is 1. The lowest BCUT2D eigenvalue weighted by molar-refractivity contribution is 0.410. The molecule has 1 nitrogen and oxygen atoms in total. The molecule has 1 aliphatic rings. The first kappa shape index (κ1) is 14.0. The maximum Gasteiger partial charge on any atom is 0.122 e. The van der Waals surface area contributed by atoms with E-state index in [4.69, 9.17) is 16.3 Å². The number of rotatable bonds is 3. The number of methoxy groups -OCH3 is 1. The van der Waals surface area contributed by atoms with Gasteiger partial charge in [0.15, 0.2) is 0 Å². The molecule has 0 saturated carbocycles. The smallest absolute Gasteiger partial charge is 0.122 e. The standard InChI is InChI=1S/C15H18BrClO/c1-18-15-7-6-13(16)10-12(15)8-11-4-2-3-5-14(17)9-11/h6-7,9-10,14H,2-5,8H2,1H3. The first-order valence-electron chi connectivity index (χ1n) is 6.35. The molecule has 18 heavy (non-hydrogen) atoms. The van der Waals surface area contributed by atoms with Gasteiger partial charge in [0.2, 0.25) is 0 Å². The van der Waals surface area contributed by atoms with Crippen molar-refractivity contribution in [1.29, 1.82) is 0 Å². The third-order valence-corrected chi connectivity index (χ3v) is 4.14. The highest BCUT2D eigenvalue weighted by Gasteiger charge is 2.12. The van der Waals surface area contributed by atoms with Gasteiger partial charge in [0.25, 0.3) is 0 Å². The highest BCUT2D eigenvalue weighted by atomic mass is 79.9. The number of alkyl halides is 1. The van der Waals surface area contributed by atoms with Gasteiger partial charge >= 0.3 is 0 Å². The summed E-state index contributed by atoms with van der Waals surface area (Å²) in [6.45, 7) is 0. The van der Waals surface area contributed by atoms with Crippen molar-refractivity contribution in [2.75, 3.05) is 7.11 Å². The maximum absolute atomic E-state index is 6.27. The molecule has 1 atom stereocenters. The first-order chi connectivity index (χ1) is 8.69. The van der Waals surface area contributed by atoms with E-state index in [1.54, 1.807) is 7.11 Å². The summed E-state index contributed by atoms with van der Waals surface area (Å²) in [5.74, 6) is 0.953. The Hall–Kier alpha value is -0.470. The Balaban J connectivity index is 2.19. The fourth-order valence-electron chi connectivity index (χ4n) is 2.39. The summed E-state index contributed by atoms with van der Waals surface area (Å²) in [5.41, 5.74) is 2.66. The van der Waals surface area contributed by atoms with E-state index in [0.717, 1.165) is 29.5 Å². The zero-order valence-corrected chi connectivity index (χ0v) is 12.9. The molecule has 0 amide bonds. The fraction of sp³-hybridized carbons (Fsp3) is 0.467. The predicted octanol–water partition coefficient (Wildman–Crippen LogP) is 5.11. The van der Waals surface area contributed by atoms with Gasteiger partial charge in [0, 0.05) is 4.47 Å². The van der Waals surface area contributed by atoms with E-state index in [1.165, 1.54) is 24.0 Å². The molecule has 1 unspecified atom stereocenters. The SMILES string of the molecule is COc1ccc(Br)cc1CC1=CC(Cl)CCCC1.